The van der Waals surface area contributed by atoms with Gasteiger partial charge in [0.1, 0.15) is 0 Å². The zero-order valence-corrected chi connectivity index (χ0v) is 25.8. The van der Waals surface area contributed by atoms with E-state index in [1.54, 1.807) is 0 Å². The SMILES string of the molecule is c1ccc(-c2ccc(-c3nc(-c4ccccc4)nc(-c4ccc(-c5nc6cccnc6c6c5ccc5ccccc56)cc4)n3)cc2)cc1. The Hall–Kier alpha value is -6.59. The molecular formula is C43H27N5. The second-order valence-corrected chi connectivity index (χ2v) is 11.7. The molecule has 0 atom stereocenters. The first-order valence-electron chi connectivity index (χ1n) is 15.9. The molecule has 5 heteroatoms. The summed E-state index contributed by atoms with van der Waals surface area (Å²) in [6, 6.07) is 53.9. The minimum Gasteiger partial charge on any atom is -0.254 e. The van der Waals surface area contributed by atoms with E-state index in [9.17, 15) is 0 Å². The summed E-state index contributed by atoms with van der Waals surface area (Å²) in [4.78, 5) is 24.7. The standard InChI is InChI=1S/C43H27N5/c1-3-10-28(11-4-1)29-17-21-33(22-18-29)42-46-41(32-13-5-2-6-14-32)47-43(48-42)34-23-19-31(20-24-34)39-36-26-25-30-12-7-8-15-35(30)38(36)40-37(45-39)16-9-27-44-40/h1-27H. The highest BCUT2D eigenvalue weighted by molar-refractivity contribution is 6.21. The van der Waals surface area contributed by atoms with E-state index in [1.807, 2.05) is 54.7 Å². The Balaban J connectivity index is 1.15. The van der Waals surface area contributed by atoms with E-state index in [1.165, 1.54) is 16.3 Å². The van der Waals surface area contributed by atoms with Crippen molar-refractivity contribution in [3.8, 4) is 56.5 Å². The van der Waals surface area contributed by atoms with Crippen molar-refractivity contribution in [3.05, 3.63) is 164 Å². The Bertz CT molecular complexity index is 2570. The number of hydrogen-bond acceptors (Lipinski definition) is 5. The molecule has 0 amide bonds. The topological polar surface area (TPSA) is 64.5 Å². The first kappa shape index (κ1) is 27.7. The van der Waals surface area contributed by atoms with E-state index in [2.05, 4.69) is 109 Å². The van der Waals surface area contributed by atoms with Crippen LogP contribution in [0.25, 0.3) is 89.1 Å². The number of pyridine rings is 2. The third kappa shape index (κ3) is 4.95. The molecule has 6 aromatic carbocycles. The van der Waals surface area contributed by atoms with Crippen LogP contribution in [0.4, 0.5) is 0 Å². The van der Waals surface area contributed by atoms with Crippen molar-refractivity contribution >= 4 is 32.6 Å². The van der Waals surface area contributed by atoms with Crippen molar-refractivity contribution in [3.63, 3.8) is 0 Å². The Morgan fingerprint density at radius 3 is 1.52 bits per heavy atom. The van der Waals surface area contributed by atoms with Crippen molar-refractivity contribution in [1.29, 1.82) is 0 Å². The van der Waals surface area contributed by atoms with Gasteiger partial charge >= 0.3 is 0 Å². The second-order valence-electron chi connectivity index (χ2n) is 11.7. The van der Waals surface area contributed by atoms with Crippen LogP contribution in [0.1, 0.15) is 0 Å². The zero-order chi connectivity index (χ0) is 31.9. The molecule has 0 bridgehead atoms. The summed E-state index contributed by atoms with van der Waals surface area (Å²) in [5.41, 5.74) is 8.79. The maximum Gasteiger partial charge on any atom is 0.164 e. The molecule has 3 heterocycles. The molecule has 3 aromatic heterocycles. The van der Waals surface area contributed by atoms with Gasteiger partial charge in [-0.05, 0) is 34.0 Å². The predicted molar refractivity (Wildman–Crippen MR) is 195 cm³/mol. The summed E-state index contributed by atoms with van der Waals surface area (Å²) in [7, 11) is 0. The molecule has 9 rings (SSSR count). The summed E-state index contributed by atoms with van der Waals surface area (Å²) >= 11 is 0. The van der Waals surface area contributed by atoms with E-state index in [0.29, 0.717) is 17.5 Å². The lowest BCUT2D eigenvalue weighted by Crippen LogP contribution is -2.00. The molecule has 48 heavy (non-hydrogen) atoms. The Kier molecular flexibility index (Phi) is 6.72. The van der Waals surface area contributed by atoms with Crippen molar-refractivity contribution in [2.75, 3.05) is 0 Å². The van der Waals surface area contributed by atoms with Crippen molar-refractivity contribution in [2.24, 2.45) is 0 Å². The van der Waals surface area contributed by atoms with Gasteiger partial charge in [0.25, 0.3) is 0 Å². The molecule has 0 unspecified atom stereocenters. The predicted octanol–water partition coefficient (Wildman–Crippen LogP) is 10.5. The van der Waals surface area contributed by atoms with Gasteiger partial charge < -0.3 is 0 Å². The normalized spacial score (nSPS) is 11.3. The molecule has 0 radical (unpaired) electrons. The Labute approximate surface area is 277 Å². The lowest BCUT2D eigenvalue weighted by Gasteiger charge is -2.12. The van der Waals surface area contributed by atoms with Gasteiger partial charge in [-0.15, -0.1) is 0 Å². The summed E-state index contributed by atoms with van der Waals surface area (Å²) in [6.07, 6.45) is 1.84. The van der Waals surface area contributed by atoms with E-state index in [4.69, 9.17) is 24.9 Å². The number of hydrogen-bond donors (Lipinski definition) is 0. The third-order valence-electron chi connectivity index (χ3n) is 8.77. The largest absolute Gasteiger partial charge is 0.254 e. The molecule has 0 aliphatic heterocycles. The van der Waals surface area contributed by atoms with Gasteiger partial charge in [0.15, 0.2) is 17.5 Å². The van der Waals surface area contributed by atoms with Gasteiger partial charge in [-0.25, -0.2) is 19.9 Å². The second kappa shape index (κ2) is 11.6. The first-order chi connectivity index (χ1) is 23.8. The van der Waals surface area contributed by atoms with Crippen LogP contribution in [0, 0.1) is 0 Å². The molecule has 5 nitrogen and oxygen atoms in total. The lowest BCUT2D eigenvalue weighted by atomic mass is 9.96. The van der Waals surface area contributed by atoms with Gasteiger partial charge in [0.2, 0.25) is 0 Å². The van der Waals surface area contributed by atoms with Gasteiger partial charge in [-0.1, -0.05) is 146 Å². The fourth-order valence-corrected chi connectivity index (χ4v) is 6.37. The molecule has 0 N–H and O–H groups in total. The van der Waals surface area contributed by atoms with Crippen LogP contribution in [-0.2, 0) is 0 Å². The van der Waals surface area contributed by atoms with E-state index in [0.717, 1.165) is 55.3 Å². The molecule has 0 fully saturated rings. The molecule has 0 saturated carbocycles. The average molecular weight is 614 g/mol. The van der Waals surface area contributed by atoms with Crippen molar-refractivity contribution < 1.29 is 0 Å². The molecule has 224 valence electrons. The fourth-order valence-electron chi connectivity index (χ4n) is 6.37. The summed E-state index contributed by atoms with van der Waals surface area (Å²) in [6.45, 7) is 0. The Morgan fingerprint density at radius 1 is 0.333 bits per heavy atom. The van der Waals surface area contributed by atoms with Crippen LogP contribution >= 0.6 is 0 Å². The van der Waals surface area contributed by atoms with Gasteiger partial charge in [-0.2, -0.15) is 0 Å². The molecule has 0 aliphatic carbocycles. The van der Waals surface area contributed by atoms with Gasteiger partial charge in [0, 0.05) is 39.2 Å². The number of benzene rings is 6. The molecule has 0 saturated heterocycles. The van der Waals surface area contributed by atoms with E-state index >= 15 is 0 Å². The Morgan fingerprint density at radius 2 is 0.854 bits per heavy atom. The van der Waals surface area contributed by atoms with Crippen LogP contribution in [0.3, 0.4) is 0 Å². The molecular weight excluding hydrogens is 587 g/mol. The van der Waals surface area contributed by atoms with Crippen molar-refractivity contribution in [1.82, 2.24) is 24.9 Å². The maximum atomic E-state index is 5.12. The zero-order valence-electron chi connectivity index (χ0n) is 25.8. The smallest absolute Gasteiger partial charge is 0.164 e. The highest BCUT2D eigenvalue weighted by Gasteiger charge is 2.16. The van der Waals surface area contributed by atoms with Crippen LogP contribution in [-0.4, -0.2) is 24.9 Å². The van der Waals surface area contributed by atoms with Crippen LogP contribution < -0.4 is 0 Å². The monoisotopic (exact) mass is 613 g/mol. The van der Waals surface area contributed by atoms with Gasteiger partial charge in [0.05, 0.1) is 16.7 Å². The van der Waals surface area contributed by atoms with E-state index < -0.39 is 0 Å². The lowest BCUT2D eigenvalue weighted by molar-refractivity contribution is 1.07. The highest BCUT2D eigenvalue weighted by atomic mass is 15.0. The van der Waals surface area contributed by atoms with Crippen LogP contribution in [0.15, 0.2) is 164 Å². The summed E-state index contributed by atoms with van der Waals surface area (Å²) in [5.74, 6) is 1.88. The van der Waals surface area contributed by atoms with Gasteiger partial charge in [-0.3, -0.25) is 4.98 Å². The number of aromatic nitrogens is 5. The quantitative estimate of drug-likeness (QED) is 0.181. The number of rotatable bonds is 5. The van der Waals surface area contributed by atoms with Crippen molar-refractivity contribution in [2.45, 2.75) is 0 Å². The van der Waals surface area contributed by atoms with E-state index in [-0.39, 0.29) is 0 Å². The molecule has 0 spiro atoms. The van der Waals surface area contributed by atoms with Crippen LogP contribution in [0.2, 0.25) is 0 Å². The average Bonchev–Trinajstić information content (AvgIpc) is 3.18. The first-order valence-corrected chi connectivity index (χ1v) is 15.9. The summed E-state index contributed by atoms with van der Waals surface area (Å²) < 4.78 is 0. The fraction of sp³-hybridized carbons (Fsp3) is 0. The molecule has 0 aliphatic rings. The highest BCUT2D eigenvalue weighted by Crippen LogP contribution is 2.37. The minimum atomic E-state index is 0.615. The molecule has 9 aromatic rings. The summed E-state index contributed by atoms with van der Waals surface area (Å²) in [5, 5.41) is 4.53. The number of fused-ring (bicyclic) bond motifs is 5. The maximum absolute atomic E-state index is 5.12. The number of nitrogens with zero attached hydrogens (tertiary/aromatic N) is 5. The van der Waals surface area contributed by atoms with Crippen LogP contribution in [0.5, 0.6) is 0 Å². The third-order valence-corrected chi connectivity index (χ3v) is 8.77. The minimum absolute atomic E-state index is 0.615.